The Morgan fingerprint density at radius 2 is 2.00 bits per heavy atom. The van der Waals surface area contributed by atoms with Crippen LogP contribution < -0.4 is 5.32 Å². The molecule has 0 radical (unpaired) electrons. The highest BCUT2D eigenvalue weighted by molar-refractivity contribution is 7.22. The fourth-order valence-electron chi connectivity index (χ4n) is 2.92. The van der Waals surface area contributed by atoms with Crippen molar-refractivity contribution in [1.29, 1.82) is 0 Å². The van der Waals surface area contributed by atoms with E-state index < -0.39 is 0 Å². The molecule has 6 nitrogen and oxygen atoms in total. The Labute approximate surface area is 154 Å². The average Bonchev–Trinajstić information content (AvgIpc) is 3.20. The normalized spacial score (nSPS) is 15.6. The number of aromatic nitrogens is 2. The first-order valence-electron chi connectivity index (χ1n) is 8.22. The van der Waals surface area contributed by atoms with Gasteiger partial charge in [0.2, 0.25) is 0 Å². The summed E-state index contributed by atoms with van der Waals surface area (Å²) in [4.78, 5) is 25.6. The van der Waals surface area contributed by atoms with E-state index in [2.05, 4.69) is 25.6 Å². The summed E-state index contributed by atoms with van der Waals surface area (Å²) in [6.45, 7) is 6.06. The van der Waals surface area contributed by atoms with Crippen molar-refractivity contribution in [1.82, 2.24) is 19.8 Å². The van der Waals surface area contributed by atoms with Crippen LogP contribution in [0, 0.1) is 6.92 Å². The van der Waals surface area contributed by atoms with Gasteiger partial charge in [-0.25, -0.2) is 14.8 Å². The lowest BCUT2D eigenvalue weighted by Crippen LogP contribution is -2.49. The minimum absolute atomic E-state index is 0.0665. The van der Waals surface area contributed by atoms with Crippen LogP contribution in [0.1, 0.15) is 10.7 Å². The molecule has 3 heterocycles. The molecule has 1 saturated heterocycles. The van der Waals surface area contributed by atoms with Gasteiger partial charge < -0.3 is 4.90 Å². The van der Waals surface area contributed by atoms with Gasteiger partial charge in [0.25, 0.3) is 0 Å². The van der Waals surface area contributed by atoms with E-state index in [1.165, 1.54) is 11.3 Å². The molecule has 25 heavy (non-hydrogen) atoms. The van der Waals surface area contributed by atoms with E-state index in [0.717, 1.165) is 53.6 Å². The Bertz CT molecular complexity index is 849. The zero-order chi connectivity index (χ0) is 17.2. The van der Waals surface area contributed by atoms with Crippen LogP contribution in [-0.4, -0.2) is 52.0 Å². The van der Waals surface area contributed by atoms with E-state index in [0.29, 0.717) is 5.13 Å². The van der Waals surface area contributed by atoms with Gasteiger partial charge >= 0.3 is 6.03 Å². The molecule has 0 atom stereocenters. The summed E-state index contributed by atoms with van der Waals surface area (Å²) in [5.41, 5.74) is 2.04. The summed E-state index contributed by atoms with van der Waals surface area (Å²) < 4.78 is 1.08. The minimum Gasteiger partial charge on any atom is -0.322 e. The molecule has 4 rings (SSSR count). The van der Waals surface area contributed by atoms with Crippen LogP contribution in [0.4, 0.5) is 9.93 Å². The molecular weight excluding hydrogens is 354 g/mol. The van der Waals surface area contributed by atoms with Crippen molar-refractivity contribution >= 4 is 44.1 Å². The van der Waals surface area contributed by atoms with E-state index in [1.807, 2.05) is 36.1 Å². The lowest BCUT2D eigenvalue weighted by atomic mass is 10.3. The van der Waals surface area contributed by atoms with Gasteiger partial charge in [0.1, 0.15) is 0 Å². The molecule has 130 valence electrons. The number of urea groups is 1. The predicted octanol–water partition coefficient (Wildman–Crippen LogP) is 3.41. The van der Waals surface area contributed by atoms with Crippen molar-refractivity contribution in [2.75, 3.05) is 31.5 Å². The van der Waals surface area contributed by atoms with E-state index in [1.54, 1.807) is 11.3 Å². The molecule has 0 unspecified atom stereocenters. The number of nitrogens with zero attached hydrogens (tertiary/aromatic N) is 4. The Kier molecular flexibility index (Phi) is 4.65. The topological polar surface area (TPSA) is 61.4 Å². The molecule has 1 aliphatic heterocycles. The number of carbonyl (C=O) groups is 1. The Balaban J connectivity index is 1.31. The van der Waals surface area contributed by atoms with Crippen molar-refractivity contribution in [3.05, 3.63) is 40.3 Å². The number of benzene rings is 1. The summed E-state index contributed by atoms with van der Waals surface area (Å²) in [6.07, 6.45) is 0. The van der Waals surface area contributed by atoms with Crippen molar-refractivity contribution in [2.24, 2.45) is 0 Å². The Hall–Kier alpha value is -2.03. The number of anilines is 1. The number of para-hydroxylation sites is 1. The third-order valence-corrected chi connectivity index (χ3v) is 5.99. The first-order valence-corrected chi connectivity index (χ1v) is 9.92. The number of amides is 2. The number of carbonyl (C=O) groups excluding carboxylic acids is 1. The second-order valence-electron chi connectivity index (χ2n) is 6.04. The lowest BCUT2D eigenvalue weighted by Gasteiger charge is -2.34. The number of hydrogen-bond donors (Lipinski definition) is 1. The van der Waals surface area contributed by atoms with Gasteiger partial charge in [-0.15, -0.1) is 11.3 Å². The van der Waals surface area contributed by atoms with Gasteiger partial charge in [-0.2, -0.15) is 0 Å². The fourth-order valence-corrected chi connectivity index (χ4v) is 4.37. The smallest absolute Gasteiger partial charge is 0.322 e. The summed E-state index contributed by atoms with van der Waals surface area (Å²) in [5, 5.41) is 6.81. The second-order valence-corrected chi connectivity index (χ2v) is 8.13. The molecule has 1 fully saturated rings. The van der Waals surface area contributed by atoms with E-state index >= 15 is 0 Å². The molecule has 1 N–H and O–H groups in total. The third-order valence-electron chi connectivity index (χ3n) is 4.22. The summed E-state index contributed by atoms with van der Waals surface area (Å²) in [5.74, 6) is 0. The zero-order valence-corrected chi connectivity index (χ0v) is 15.6. The lowest BCUT2D eigenvalue weighted by molar-refractivity contribution is 0.142. The molecule has 8 heteroatoms. The standard InChI is InChI=1S/C17H19N5OS2/c1-12-18-13(11-24-12)10-21-6-8-22(9-7-21)17(23)20-16-19-14-4-2-3-5-15(14)25-16/h2-5,11H,6-10H2,1H3,(H,19,20,23). The summed E-state index contributed by atoms with van der Waals surface area (Å²) >= 11 is 3.19. The first kappa shape index (κ1) is 16.4. The van der Waals surface area contributed by atoms with Crippen LogP contribution in [0.3, 0.4) is 0 Å². The number of thiazole rings is 2. The van der Waals surface area contributed by atoms with E-state index in [-0.39, 0.29) is 6.03 Å². The van der Waals surface area contributed by atoms with Crippen LogP contribution in [0.2, 0.25) is 0 Å². The number of nitrogens with one attached hydrogen (secondary N) is 1. The highest BCUT2D eigenvalue weighted by atomic mass is 32.1. The van der Waals surface area contributed by atoms with Gasteiger partial charge in [0.05, 0.1) is 20.9 Å². The average molecular weight is 374 g/mol. The third kappa shape index (κ3) is 3.81. The van der Waals surface area contributed by atoms with Crippen LogP contribution >= 0.6 is 22.7 Å². The monoisotopic (exact) mass is 373 g/mol. The quantitative estimate of drug-likeness (QED) is 0.764. The Morgan fingerprint density at radius 3 is 2.72 bits per heavy atom. The van der Waals surface area contributed by atoms with E-state index in [4.69, 9.17) is 0 Å². The first-order chi connectivity index (χ1) is 12.2. The largest absolute Gasteiger partial charge is 0.323 e. The number of hydrogen-bond acceptors (Lipinski definition) is 6. The Morgan fingerprint density at radius 1 is 1.20 bits per heavy atom. The van der Waals surface area contributed by atoms with Crippen LogP contribution in [0.5, 0.6) is 0 Å². The van der Waals surface area contributed by atoms with Crippen molar-refractivity contribution in [3.8, 4) is 0 Å². The molecule has 1 aromatic carbocycles. The second kappa shape index (κ2) is 7.07. The molecule has 0 saturated carbocycles. The number of aryl methyl sites for hydroxylation is 1. The molecule has 0 spiro atoms. The summed E-state index contributed by atoms with van der Waals surface area (Å²) in [6, 6.07) is 7.84. The van der Waals surface area contributed by atoms with E-state index in [9.17, 15) is 4.79 Å². The SMILES string of the molecule is Cc1nc(CN2CCN(C(=O)Nc3nc4ccccc4s3)CC2)cs1. The van der Waals surface area contributed by atoms with Crippen LogP contribution in [0.15, 0.2) is 29.6 Å². The molecule has 1 aliphatic rings. The van der Waals surface area contributed by atoms with Gasteiger partial charge in [-0.05, 0) is 19.1 Å². The minimum atomic E-state index is -0.0665. The molecule has 2 aromatic heterocycles. The molecule has 3 aromatic rings. The maximum absolute atomic E-state index is 12.5. The summed E-state index contributed by atoms with van der Waals surface area (Å²) in [7, 11) is 0. The van der Waals surface area contributed by atoms with Crippen LogP contribution in [0.25, 0.3) is 10.2 Å². The van der Waals surface area contributed by atoms with Gasteiger partial charge in [0, 0.05) is 38.1 Å². The molecular formula is C17H19N5OS2. The van der Waals surface area contributed by atoms with Crippen molar-refractivity contribution in [3.63, 3.8) is 0 Å². The maximum atomic E-state index is 12.5. The van der Waals surface area contributed by atoms with Gasteiger partial charge in [0.15, 0.2) is 5.13 Å². The zero-order valence-electron chi connectivity index (χ0n) is 13.9. The molecule has 2 amide bonds. The molecule has 0 bridgehead atoms. The number of piperazine rings is 1. The number of fused-ring (bicyclic) bond motifs is 1. The highest BCUT2D eigenvalue weighted by Crippen LogP contribution is 2.25. The van der Waals surface area contributed by atoms with Crippen molar-refractivity contribution in [2.45, 2.75) is 13.5 Å². The number of rotatable bonds is 3. The van der Waals surface area contributed by atoms with Gasteiger partial charge in [-0.3, -0.25) is 10.2 Å². The molecule has 0 aliphatic carbocycles. The highest BCUT2D eigenvalue weighted by Gasteiger charge is 2.22. The van der Waals surface area contributed by atoms with Gasteiger partial charge in [-0.1, -0.05) is 23.5 Å². The maximum Gasteiger partial charge on any atom is 0.323 e. The van der Waals surface area contributed by atoms with Crippen molar-refractivity contribution < 1.29 is 4.79 Å². The fraction of sp³-hybridized carbons (Fsp3) is 0.353. The van der Waals surface area contributed by atoms with Crippen LogP contribution in [-0.2, 0) is 6.54 Å². The predicted molar refractivity (Wildman–Crippen MR) is 102 cm³/mol.